The van der Waals surface area contributed by atoms with E-state index in [1.807, 2.05) is 36.4 Å². The molecule has 0 aliphatic rings. The molecule has 0 N–H and O–H groups in total. The van der Waals surface area contributed by atoms with Crippen LogP contribution in [0.4, 0.5) is 4.39 Å². The molecule has 2 heterocycles. The van der Waals surface area contributed by atoms with Crippen LogP contribution in [0.3, 0.4) is 0 Å². The summed E-state index contributed by atoms with van der Waals surface area (Å²) in [5.41, 5.74) is 9.44. The van der Waals surface area contributed by atoms with Gasteiger partial charge in [-0.1, -0.05) is 48.5 Å². The summed E-state index contributed by atoms with van der Waals surface area (Å²) in [4.78, 5) is 5.05. The Morgan fingerprint density at radius 3 is 2.32 bits per heavy atom. The third-order valence-corrected chi connectivity index (χ3v) is 7.13. The van der Waals surface area contributed by atoms with Gasteiger partial charge in [0.25, 0.3) is 0 Å². The smallest absolute Gasteiger partial charge is 0.149 e. The van der Waals surface area contributed by atoms with E-state index < -0.39 is 0 Å². The molecular weight excluding hydrogens is 459 g/mol. The molecule has 0 saturated heterocycles. The Bertz CT molecular complexity index is 1940. The first kappa shape index (κ1) is 21.6. The second-order valence-electron chi connectivity index (χ2n) is 9.57. The number of aromatic nitrogens is 2. The Morgan fingerprint density at radius 1 is 0.757 bits per heavy atom. The summed E-state index contributed by atoms with van der Waals surface area (Å²) in [6, 6.07) is 31.9. The SMILES string of the molecule is Cc1cc(-n2c(-c3coc4cc5ccc(F)cc5cc34)nc3ccccc32)cc(C)c1-c1ccccc1. The van der Waals surface area contributed by atoms with Crippen molar-refractivity contribution in [3.8, 4) is 28.2 Å². The highest BCUT2D eigenvalue weighted by Gasteiger charge is 2.20. The number of imidazole rings is 1. The first-order valence-electron chi connectivity index (χ1n) is 12.3. The van der Waals surface area contributed by atoms with Crippen LogP contribution in [-0.2, 0) is 0 Å². The zero-order valence-corrected chi connectivity index (χ0v) is 20.5. The molecule has 178 valence electrons. The third-order valence-electron chi connectivity index (χ3n) is 7.13. The Kier molecular flexibility index (Phi) is 4.76. The lowest BCUT2D eigenvalue weighted by Crippen LogP contribution is -2.00. The van der Waals surface area contributed by atoms with E-state index in [1.165, 1.54) is 28.3 Å². The second-order valence-corrected chi connectivity index (χ2v) is 9.57. The molecule has 5 aromatic carbocycles. The summed E-state index contributed by atoms with van der Waals surface area (Å²) in [5, 5.41) is 2.67. The quantitative estimate of drug-likeness (QED) is 0.252. The fraction of sp³-hybridized carbons (Fsp3) is 0.0606. The van der Waals surface area contributed by atoms with Crippen molar-refractivity contribution in [1.29, 1.82) is 0 Å². The van der Waals surface area contributed by atoms with Crippen molar-refractivity contribution in [3.05, 3.63) is 120 Å². The molecule has 4 heteroatoms. The molecule has 0 radical (unpaired) electrons. The number of hydrogen-bond donors (Lipinski definition) is 0. The van der Waals surface area contributed by atoms with Crippen molar-refractivity contribution in [2.45, 2.75) is 13.8 Å². The normalized spacial score (nSPS) is 11.6. The van der Waals surface area contributed by atoms with Gasteiger partial charge in [-0.25, -0.2) is 9.37 Å². The number of halogens is 1. The summed E-state index contributed by atoms with van der Waals surface area (Å²) in [5.74, 6) is 0.538. The lowest BCUT2D eigenvalue weighted by molar-refractivity contribution is 0.616. The monoisotopic (exact) mass is 482 g/mol. The minimum absolute atomic E-state index is 0.256. The minimum Gasteiger partial charge on any atom is -0.464 e. The average Bonchev–Trinajstić information content (AvgIpc) is 3.48. The molecule has 0 aliphatic heterocycles. The van der Waals surface area contributed by atoms with Gasteiger partial charge in [-0.15, -0.1) is 0 Å². The molecule has 0 atom stereocenters. The van der Waals surface area contributed by atoms with Gasteiger partial charge in [-0.2, -0.15) is 0 Å². The molecule has 3 nitrogen and oxygen atoms in total. The predicted octanol–water partition coefficient (Wildman–Crippen LogP) is 9.01. The van der Waals surface area contributed by atoms with E-state index in [0.717, 1.165) is 49.9 Å². The molecule has 0 unspecified atom stereocenters. The first-order chi connectivity index (χ1) is 18.1. The van der Waals surface area contributed by atoms with E-state index in [0.29, 0.717) is 0 Å². The van der Waals surface area contributed by atoms with Gasteiger partial charge in [0, 0.05) is 11.1 Å². The van der Waals surface area contributed by atoms with Crippen molar-refractivity contribution in [3.63, 3.8) is 0 Å². The number of aryl methyl sites for hydroxylation is 2. The summed E-state index contributed by atoms with van der Waals surface area (Å²) in [6.07, 6.45) is 1.76. The number of nitrogens with zero attached hydrogens (tertiary/aromatic N) is 2. The Morgan fingerprint density at radius 2 is 1.51 bits per heavy atom. The van der Waals surface area contributed by atoms with Crippen LogP contribution in [0, 0.1) is 19.7 Å². The van der Waals surface area contributed by atoms with Crippen molar-refractivity contribution >= 4 is 32.8 Å². The maximum Gasteiger partial charge on any atom is 0.149 e. The van der Waals surface area contributed by atoms with Crippen LogP contribution in [0.5, 0.6) is 0 Å². The Hall–Kier alpha value is -4.70. The van der Waals surface area contributed by atoms with E-state index in [-0.39, 0.29) is 5.82 Å². The second kappa shape index (κ2) is 8.17. The van der Waals surface area contributed by atoms with E-state index in [9.17, 15) is 4.39 Å². The highest BCUT2D eigenvalue weighted by atomic mass is 19.1. The summed E-state index contributed by atoms with van der Waals surface area (Å²) in [6.45, 7) is 4.32. The minimum atomic E-state index is -0.256. The van der Waals surface area contributed by atoms with Gasteiger partial charge in [0.2, 0.25) is 0 Å². The largest absolute Gasteiger partial charge is 0.464 e. The van der Waals surface area contributed by atoms with E-state index in [2.05, 4.69) is 60.9 Å². The number of fused-ring (bicyclic) bond motifs is 3. The average molecular weight is 483 g/mol. The number of para-hydroxylation sites is 2. The zero-order valence-electron chi connectivity index (χ0n) is 20.5. The maximum absolute atomic E-state index is 14.0. The number of furan rings is 1. The zero-order chi connectivity index (χ0) is 25.1. The van der Waals surface area contributed by atoms with Gasteiger partial charge >= 0.3 is 0 Å². The summed E-state index contributed by atoms with van der Waals surface area (Å²) in [7, 11) is 0. The molecule has 2 aromatic heterocycles. The van der Waals surface area contributed by atoms with Crippen LogP contribution in [-0.4, -0.2) is 9.55 Å². The fourth-order valence-corrected chi connectivity index (χ4v) is 5.51. The lowest BCUT2D eigenvalue weighted by atomic mass is 9.95. The van der Waals surface area contributed by atoms with Crippen molar-refractivity contribution < 1.29 is 8.81 Å². The molecule has 0 fully saturated rings. The third kappa shape index (κ3) is 3.45. The molecule has 7 aromatic rings. The van der Waals surface area contributed by atoms with Crippen LogP contribution >= 0.6 is 0 Å². The standard InChI is InChI=1S/C33H23FN2O/c1-20-14-26(15-21(2)32(20)22-8-4-3-5-9-22)36-30-11-7-6-10-29(30)35-33(36)28-19-37-31-18-23-12-13-25(34)16-24(23)17-27(28)31/h3-19H,1-2H3. The molecule has 0 bridgehead atoms. The Balaban J connectivity index is 1.49. The molecule has 0 saturated carbocycles. The van der Waals surface area contributed by atoms with Gasteiger partial charge in [0.05, 0.1) is 16.6 Å². The number of benzene rings is 5. The van der Waals surface area contributed by atoms with Gasteiger partial charge in [0.15, 0.2) is 0 Å². The molecule has 0 amide bonds. The van der Waals surface area contributed by atoms with Crippen LogP contribution in [0.25, 0.3) is 61.0 Å². The first-order valence-corrected chi connectivity index (χ1v) is 12.3. The fourth-order valence-electron chi connectivity index (χ4n) is 5.51. The van der Waals surface area contributed by atoms with E-state index in [1.54, 1.807) is 18.4 Å². The topological polar surface area (TPSA) is 31.0 Å². The molecule has 7 rings (SSSR count). The Labute approximate surface area is 213 Å². The van der Waals surface area contributed by atoms with Crippen molar-refractivity contribution in [2.24, 2.45) is 0 Å². The van der Waals surface area contributed by atoms with Gasteiger partial charge in [-0.05, 0) is 95.4 Å². The molecule has 37 heavy (non-hydrogen) atoms. The highest BCUT2D eigenvalue weighted by Crippen LogP contribution is 2.38. The highest BCUT2D eigenvalue weighted by molar-refractivity contribution is 6.03. The van der Waals surface area contributed by atoms with E-state index >= 15 is 0 Å². The summed E-state index contributed by atoms with van der Waals surface area (Å²) >= 11 is 0. The van der Waals surface area contributed by atoms with Crippen LogP contribution < -0.4 is 0 Å². The number of rotatable bonds is 3. The molecule has 0 aliphatic carbocycles. The van der Waals surface area contributed by atoms with Crippen LogP contribution in [0.15, 0.2) is 108 Å². The van der Waals surface area contributed by atoms with Gasteiger partial charge < -0.3 is 4.42 Å². The van der Waals surface area contributed by atoms with Gasteiger partial charge in [0.1, 0.15) is 23.5 Å². The predicted molar refractivity (Wildman–Crippen MR) is 149 cm³/mol. The van der Waals surface area contributed by atoms with Gasteiger partial charge in [-0.3, -0.25) is 4.57 Å². The molecular formula is C33H23FN2O. The van der Waals surface area contributed by atoms with Crippen molar-refractivity contribution in [2.75, 3.05) is 0 Å². The van der Waals surface area contributed by atoms with Crippen molar-refractivity contribution in [1.82, 2.24) is 9.55 Å². The van der Waals surface area contributed by atoms with Crippen LogP contribution in [0.2, 0.25) is 0 Å². The van der Waals surface area contributed by atoms with E-state index in [4.69, 9.17) is 9.40 Å². The lowest BCUT2D eigenvalue weighted by Gasteiger charge is -2.16. The number of hydrogen-bond acceptors (Lipinski definition) is 2. The van der Waals surface area contributed by atoms with Crippen LogP contribution in [0.1, 0.15) is 11.1 Å². The summed E-state index contributed by atoms with van der Waals surface area (Å²) < 4.78 is 22.2. The molecule has 0 spiro atoms. The maximum atomic E-state index is 14.0.